The quantitative estimate of drug-likeness (QED) is 0.682. The Hall–Kier alpha value is -1.02. The summed E-state index contributed by atoms with van der Waals surface area (Å²) in [6, 6.07) is 10.4. The summed E-state index contributed by atoms with van der Waals surface area (Å²) >= 11 is 0. The third kappa shape index (κ3) is 4.33. The average Bonchev–Trinajstić information content (AvgIpc) is 3.27. The summed E-state index contributed by atoms with van der Waals surface area (Å²) in [5, 5.41) is 3.72. The molecular weight excluding hydrogens is 292 g/mol. The van der Waals surface area contributed by atoms with Crippen LogP contribution in [0, 0.1) is 5.41 Å². The molecular formula is C22H36N2. The lowest BCUT2D eigenvalue weighted by atomic mass is 9.71. The maximum atomic E-state index is 6.01. The van der Waals surface area contributed by atoms with Crippen molar-refractivity contribution in [1.82, 2.24) is 0 Å². The Kier molecular flexibility index (Phi) is 5.24. The van der Waals surface area contributed by atoms with Crippen LogP contribution in [-0.4, -0.2) is 12.1 Å². The molecule has 3 N–H and O–H groups in total. The fourth-order valence-corrected chi connectivity index (χ4v) is 4.69. The Morgan fingerprint density at radius 3 is 2.29 bits per heavy atom. The van der Waals surface area contributed by atoms with Gasteiger partial charge in [-0.1, -0.05) is 39.3 Å². The van der Waals surface area contributed by atoms with Gasteiger partial charge in [0.1, 0.15) is 0 Å². The highest BCUT2D eigenvalue weighted by molar-refractivity contribution is 5.47. The standard InChI is InChI=1S/C22H36N2/c1-4-13-22(3,16-21(2)14-15-21)17-5-9-19(10-6-17)24-20-11-7-18(23)8-12-20/h5-6,9-10,18,20,24H,4,7-8,11-16,23H2,1-3H3. The highest BCUT2D eigenvalue weighted by Gasteiger charge is 2.43. The zero-order valence-electron chi connectivity index (χ0n) is 15.9. The topological polar surface area (TPSA) is 38.0 Å². The second-order valence-corrected chi connectivity index (χ2v) is 9.13. The monoisotopic (exact) mass is 328 g/mol. The molecule has 2 heteroatoms. The third-order valence-corrected chi connectivity index (χ3v) is 6.45. The van der Waals surface area contributed by atoms with Gasteiger partial charge in [-0.05, 0) is 79.9 Å². The summed E-state index contributed by atoms with van der Waals surface area (Å²) in [7, 11) is 0. The average molecular weight is 329 g/mol. The second kappa shape index (κ2) is 7.07. The smallest absolute Gasteiger partial charge is 0.0342 e. The van der Waals surface area contributed by atoms with Gasteiger partial charge in [0, 0.05) is 17.8 Å². The molecule has 2 nitrogen and oxygen atoms in total. The zero-order valence-corrected chi connectivity index (χ0v) is 15.9. The lowest BCUT2D eigenvalue weighted by Gasteiger charge is -2.33. The molecule has 0 heterocycles. The molecule has 1 atom stereocenters. The Labute approximate surface area is 148 Å². The Balaban J connectivity index is 1.65. The molecule has 2 fully saturated rings. The molecule has 0 aliphatic heterocycles. The second-order valence-electron chi connectivity index (χ2n) is 9.13. The molecule has 24 heavy (non-hydrogen) atoms. The molecule has 0 radical (unpaired) electrons. The first-order valence-corrected chi connectivity index (χ1v) is 10.1. The summed E-state index contributed by atoms with van der Waals surface area (Å²) in [4.78, 5) is 0. The number of nitrogens with one attached hydrogen (secondary N) is 1. The summed E-state index contributed by atoms with van der Waals surface area (Å²) in [5.74, 6) is 0. The van der Waals surface area contributed by atoms with Crippen LogP contribution in [-0.2, 0) is 5.41 Å². The first kappa shape index (κ1) is 17.8. The number of nitrogens with two attached hydrogens (primary N) is 1. The van der Waals surface area contributed by atoms with Crippen molar-refractivity contribution >= 4 is 5.69 Å². The molecule has 2 aliphatic carbocycles. The lowest BCUT2D eigenvalue weighted by molar-refractivity contribution is 0.315. The van der Waals surface area contributed by atoms with Crippen LogP contribution in [0.1, 0.15) is 84.1 Å². The number of anilines is 1. The van der Waals surface area contributed by atoms with Crippen LogP contribution < -0.4 is 11.1 Å². The highest BCUT2D eigenvalue weighted by Crippen LogP contribution is 2.54. The van der Waals surface area contributed by atoms with E-state index in [-0.39, 0.29) is 0 Å². The Morgan fingerprint density at radius 1 is 1.12 bits per heavy atom. The van der Waals surface area contributed by atoms with Gasteiger partial charge < -0.3 is 11.1 Å². The normalized spacial score (nSPS) is 28.2. The van der Waals surface area contributed by atoms with Gasteiger partial charge in [0.2, 0.25) is 0 Å². The molecule has 0 aromatic heterocycles. The predicted octanol–water partition coefficient (Wildman–Crippen LogP) is 5.62. The number of hydrogen-bond acceptors (Lipinski definition) is 2. The SMILES string of the molecule is CCCC(C)(CC1(C)CC1)c1ccc(NC2CCC(N)CC2)cc1. The molecule has 1 aromatic rings. The minimum absolute atomic E-state index is 0.330. The van der Waals surface area contributed by atoms with Gasteiger partial charge in [0.15, 0.2) is 0 Å². The van der Waals surface area contributed by atoms with E-state index in [0.29, 0.717) is 22.9 Å². The van der Waals surface area contributed by atoms with Crippen LogP contribution in [0.4, 0.5) is 5.69 Å². The minimum atomic E-state index is 0.330. The summed E-state index contributed by atoms with van der Waals surface area (Å²) < 4.78 is 0. The molecule has 1 aromatic carbocycles. The fraction of sp³-hybridized carbons (Fsp3) is 0.727. The van der Waals surface area contributed by atoms with Crippen molar-refractivity contribution in [2.75, 3.05) is 5.32 Å². The Bertz CT molecular complexity index is 523. The van der Waals surface area contributed by atoms with E-state index in [1.165, 1.54) is 56.2 Å². The van der Waals surface area contributed by atoms with Crippen LogP contribution in [0.15, 0.2) is 24.3 Å². The fourth-order valence-electron chi connectivity index (χ4n) is 4.69. The van der Waals surface area contributed by atoms with E-state index in [1.54, 1.807) is 0 Å². The molecule has 0 bridgehead atoms. The van der Waals surface area contributed by atoms with E-state index in [1.807, 2.05) is 0 Å². The maximum Gasteiger partial charge on any atom is 0.0342 e. The molecule has 2 aliphatic rings. The van der Waals surface area contributed by atoms with E-state index >= 15 is 0 Å². The van der Waals surface area contributed by atoms with E-state index in [2.05, 4.69) is 50.4 Å². The van der Waals surface area contributed by atoms with Crippen LogP contribution >= 0.6 is 0 Å². The van der Waals surface area contributed by atoms with Gasteiger partial charge in [0.05, 0.1) is 0 Å². The number of rotatable bonds is 7. The van der Waals surface area contributed by atoms with Crippen molar-refractivity contribution in [3.8, 4) is 0 Å². The van der Waals surface area contributed by atoms with Crippen molar-refractivity contribution in [2.45, 2.75) is 96.1 Å². The minimum Gasteiger partial charge on any atom is -0.382 e. The molecule has 1 unspecified atom stereocenters. The van der Waals surface area contributed by atoms with Gasteiger partial charge in [-0.15, -0.1) is 0 Å². The molecule has 134 valence electrons. The van der Waals surface area contributed by atoms with Gasteiger partial charge >= 0.3 is 0 Å². The molecule has 0 spiro atoms. The first-order valence-electron chi connectivity index (χ1n) is 10.1. The van der Waals surface area contributed by atoms with Crippen LogP contribution in [0.2, 0.25) is 0 Å². The van der Waals surface area contributed by atoms with E-state index in [0.717, 1.165) is 12.8 Å². The van der Waals surface area contributed by atoms with Crippen molar-refractivity contribution < 1.29 is 0 Å². The van der Waals surface area contributed by atoms with Crippen molar-refractivity contribution in [3.05, 3.63) is 29.8 Å². The summed E-state index contributed by atoms with van der Waals surface area (Å²) in [5.41, 5.74) is 9.74. The number of hydrogen-bond donors (Lipinski definition) is 2. The molecule has 2 saturated carbocycles. The lowest BCUT2D eigenvalue weighted by Crippen LogP contribution is -2.32. The maximum absolute atomic E-state index is 6.01. The summed E-state index contributed by atoms with van der Waals surface area (Å²) in [6.45, 7) is 7.26. The van der Waals surface area contributed by atoms with Crippen LogP contribution in [0.3, 0.4) is 0 Å². The van der Waals surface area contributed by atoms with Gasteiger partial charge in [0.25, 0.3) is 0 Å². The van der Waals surface area contributed by atoms with Crippen LogP contribution in [0.25, 0.3) is 0 Å². The molecule has 0 amide bonds. The van der Waals surface area contributed by atoms with Gasteiger partial charge in [-0.25, -0.2) is 0 Å². The predicted molar refractivity (Wildman–Crippen MR) is 105 cm³/mol. The number of benzene rings is 1. The first-order chi connectivity index (χ1) is 11.4. The third-order valence-electron chi connectivity index (χ3n) is 6.45. The Morgan fingerprint density at radius 2 is 1.75 bits per heavy atom. The van der Waals surface area contributed by atoms with Crippen molar-refractivity contribution in [3.63, 3.8) is 0 Å². The largest absolute Gasteiger partial charge is 0.382 e. The summed E-state index contributed by atoms with van der Waals surface area (Å²) in [6.07, 6.45) is 11.4. The molecule has 3 rings (SSSR count). The highest BCUT2D eigenvalue weighted by atomic mass is 14.9. The van der Waals surface area contributed by atoms with Crippen LogP contribution in [0.5, 0.6) is 0 Å². The van der Waals surface area contributed by atoms with Gasteiger partial charge in [-0.3, -0.25) is 0 Å². The van der Waals surface area contributed by atoms with Crippen molar-refractivity contribution in [2.24, 2.45) is 11.1 Å². The molecule has 0 saturated heterocycles. The van der Waals surface area contributed by atoms with Crippen molar-refractivity contribution in [1.29, 1.82) is 0 Å². The zero-order chi connectivity index (χ0) is 17.2. The van der Waals surface area contributed by atoms with E-state index < -0.39 is 0 Å². The van der Waals surface area contributed by atoms with E-state index in [4.69, 9.17) is 5.73 Å². The van der Waals surface area contributed by atoms with E-state index in [9.17, 15) is 0 Å². The van der Waals surface area contributed by atoms with Gasteiger partial charge in [-0.2, -0.15) is 0 Å².